The van der Waals surface area contributed by atoms with Crippen molar-refractivity contribution in [2.24, 2.45) is 0 Å². The smallest absolute Gasteiger partial charge is 0.255 e. The SMILES string of the molecule is COc1ccc(CN2C(=O)CN(c3ccccc3)C(=O)C2c2cccs2)cc1OC. The fourth-order valence-corrected chi connectivity index (χ4v) is 4.46. The number of amides is 2. The Hall–Kier alpha value is -3.32. The highest BCUT2D eigenvalue weighted by Gasteiger charge is 2.41. The Morgan fingerprint density at radius 1 is 0.967 bits per heavy atom. The van der Waals surface area contributed by atoms with Crippen LogP contribution in [0.3, 0.4) is 0 Å². The van der Waals surface area contributed by atoms with Crippen LogP contribution in [0.15, 0.2) is 66.0 Å². The van der Waals surface area contributed by atoms with Gasteiger partial charge in [0.2, 0.25) is 5.91 Å². The van der Waals surface area contributed by atoms with Gasteiger partial charge >= 0.3 is 0 Å². The van der Waals surface area contributed by atoms with Gasteiger partial charge in [-0.05, 0) is 41.3 Å². The number of thiophene rings is 1. The van der Waals surface area contributed by atoms with Crippen LogP contribution in [-0.4, -0.2) is 37.5 Å². The van der Waals surface area contributed by atoms with Crippen molar-refractivity contribution in [1.82, 2.24) is 4.90 Å². The van der Waals surface area contributed by atoms with Gasteiger partial charge in [0, 0.05) is 17.1 Å². The second-order valence-corrected chi connectivity index (χ2v) is 7.87. The normalized spacial score (nSPS) is 16.7. The minimum atomic E-state index is -0.667. The van der Waals surface area contributed by atoms with E-state index in [9.17, 15) is 9.59 Å². The van der Waals surface area contributed by atoms with Crippen molar-refractivity contribution in [2.45, 2.75) is 12.6 Å². The maximum Gasteiger partial charge on any atom is 0.255 e. The molecule has 1 saturated heterocycles. The summed E-state index contributed by atoms with van der Waals surface area (Å²) in [4.78, 5) is 30.7. The van der Waals surface area contributed by atoms with Crippen LogP contribution >= 0.6 is 11.3 Å². The summed E-state index contributed by atoms with van der Waals surface area (Å²) < 4.78 is 10.7. The molecular formula is C23H22N2O4S. The Labute approximate surface area is 179 Å². The van der Waals surface area contributed by atoms with E-state index in [2.05, 4.69) is 0 Å². The number of rotatable bonds is 6. The van der Waals surface area contributed by atoms with Gasteiger partial charge in [-0.1, -0.05) is 30.3 Å². The monoisotopic (exact) mass is 422 g/mol. The first-order valence-corrected chi connectivity index (χ1v) is 10.4. The number of hydrogen-bond acceptors (Lipinski definition) is 5. The quantitative estimate of drug-likeness (QED) is 0.605. The zero-order valence-electron chi connectivity index (χ0n) is 16.8. The van der Waals surface area contributed by atoms with E-state index >= 15 is 0 Å². The lowest BCUT2D eigenvalue weighted by Crippen LogP contribution is -2.55. The Balaban J connectivity index is 1.68. The molecule has 6 nitrogen and oxygen atoms in total. The van der Waals surface area contributed by atoms with Crippen LogP contribution in [0.5, 0.6) is 11.5 Å². The molecule has 0 N–H and O–H groups in total. The van der Waals surface area contributed by atoms with Crippen LogP contribution in [0, 0.1) is 0 Å². The van der Waals surface area contributed by atoms with E-state index in [0.717, 1.165) is 16.1 Å². The Bertz CT molecular complexity index is 1040. The second kappa shape index (κ2) is 8.59. The second-order valence-electron chi connectivity index (χ2n) is 6.89. The van der Waals surface area contributed by atoms with Crippen molar-refractivity contribution in [3.63, 3.8) is 0 Å². The number of benzene rings is 2. The zero-order chi connectivity index (χ0) is 21.1. The number of anilines is 1. The van der Waals surface area contributed by atoms with Gasteiger partial charge in [0.15, 0.2) is 11.5 Å². The number of carbonyl (C=O) groups excluding carboxylic acids is 2. The summed E-state index contributed by atoms with van der Waals surface area (Å²) in [6, 6.07) is 18.0. The number of ether oxygens (including phenoxy) is 2. The van der Waals surface area contributed by atoms with Crippen LogP contribution in [0.2, 0.25) is 0 Å². The molecule has 0 saturated carbocycles. The van der Waals surface area contributed by atoms with Gasteiger partial charge < -0.3 is 19.3 Å². The van der Waals surface area contributed by atoms with Crippen LogP contribution < -0.4 is 14.4 Å². The first-order valence-electron chi connectivity index (χ1n) is 9.52. The summed E-state index contributed by atoms with van der Waals surface area (Å²) in [7, 11) is 3.15. The zero-order valence-corrected chi connectivity index (χ0v) is 17.6. The van der Waals surface area contributed by atoms with E-state index in [1.54, 1.807) is 30.1 Å². The molecule has 0 spiro atoms. The lowest BCUT2D eigenvalue weighted by Gasteiger charge is -2.40. The summed E-state index contributed by atoms with van der Waals surface area (Å²) in [6.45, 7) is 0.314. The molecule has 1 aromatic heterocycles. The lowest BCUT2D eigenvalue weighted by atomic mass is 10.1. The predicted molar refractivity (Wildman–Crippen MR) is 116 cm³/mol. The van der Waals surface area contributed by atoms with E-state index in [1.165, 1.54) is 11.3 Å². The average molecular weight is 423 g/mol. The highest BCUT2D eigenvalue weighted by molar-refractivity contribution is 7.10. The number of carbonyl (C=O) groups is 2. The lowest BCUT2D eigenvalue weighted by molar-refractivity contribution is -0.144. The van der Waals surface area contributed by atoms with E-state index in [1.807, 2.05) is 60.0 Å². The van der Waals surface area contributed by atoms with E-state index < -0.39 is 6.04 Å². The molecule has 4 rings (SSSR count). The van der Waals surface area contributed by atoms with Crippen molar-refractivity contribution in [3.05, 3.63) is 76.5 Å². The highest BCUT2D eigenvalue weighted by Crippen LogP contribution is 2.35. The van der Waals surface area contributed by atoms with E-state index in [-0.39, 0.29) is 18.4 Å². The number of piperazine rings is 1. The molecule has 1 atom stereocenters. The molecule has 1 unspecified atom stereocenters. The molecule has 30 heavy (non-hydrogen) atoms. The summed E-state index contributed by atoms with van der Waals surface area (Å²) in [5, 5.41) is 1.92. The van der Waals surface area contributed by atoms with E-state index in [0.29, 0.717) is 18.0 Å². The van der Waals surface area contributed by atoms with Crippen molar-refractivity contribution in [3.8, 4) is 11.5 Å². The molecular weight excluding hydrogens is 400 g/mol. The predicted octanol–water partition coefficient (Wildman–Crippen LogP) is 3.88. The topological polar surface area (TPSA) is 59.1 Å². The third-order valence-electron chi connectivity index (χ3n) is 5.11. The van der Waals surface area contributed by atoms with Gasteiger partial charge in [0.05, 0.1) is 14.2 Å². The van der Waals surface area contributed by atoms with Crippen LogP contribution in [0.25, 0.3) is 0 Å². The van der Waals surface area contributed by atoms with Crippen molar-refractivity contribution in [2.75, 3.05) is 25.7 Å². The largest absolute Gasteiger partial charge is 0.493 e. The minimum absolute atomic E-state index is 0.0119. The maximum absolute atomic E-state index is 13.5. The number of para-hydroxylation sites is 1. The molecule has 1 fully saturated rings. The third-order valence-corrected chi connectivity index (χ3v) is 6.03. The first kappa shape index (κ1) is 20.0. The summed E-state index contributed by atoms with van der Waals surface area (Å²) in [5.41, 5.74) is 1.59. The molecule has 0 bridgehead atoms. The van der Waals surface area contributed by atoms with Crippen LogP contribution in [0.1, 0.15) is 16.5 Å². The van der Waals surface area contributed by atoms with Crippen molar-refractivity contribution >= 4 is 28.8 Å². The standard InChI is InChI=1S/C23H22N2O4S/c1-28-18-11-10-16(13-19(18)29-2)14-25-21(26)15-24(17-7-4-3-5-8-17)23(27)22(25)20-9-6-12-30-20/h3-13,22H,14-15H2,1-2H3. The van der Waals surface area contributed by atoms with Gasteiger partial charge in [-0.3, -0.25) is 9.59 Å². The molecule has 0 aliphatic carbocycles. The fraction of sp³-hybridized carbons (Fsp3) is 0.217. The van der Waals surface area contributed by atoms with Gasteiger partial charge in [-0.15, -0.1) is 11.3 Å². The van der Waals surface area contributed by atoms with E-state index in [4.69, 9.17) is 9.47 Å². The average Bonchev–Trinajstić information content (AvgIpc) is 3.31. The molecule has 1 aliphatic rings. The van der Waals surface area contributed by atoms with Gasteiger partial charge in [0.1, 0.15) is 12.6 Å². The third kappa shape index (κ3) is 3.76. The molecule has 2 heterocycles. The molecule has 7 heteroatoms. The molecule has 2 amide bonds. The molecule has 2 aromatic carbocycles. The summed E-state index contributed by atoms with van der Waals surface area (Å²) in [6.07, 6.45) is 0. The minimum Gasteiger partial charge on any atom is -0.493 e. The first-order chi connectivity index (χ1) is 14.6. The number of hydrogen-bond donors (Lipinski definition) is 0. The molecule has 154 valence electrons. The van der Waals surface area contributed by atoms with Gasteiger partial charge in [-0.25, -0.2) is 0 Å². The molecule has 3 aromatic rings. The number of nitrogens with zero attached hydrogens (tertiary/aromatic N) is 2. The van der Waals surface area contributed by atoms with Crippen molar-refractivity contribution in [1.29, 1.82) is 0 Å². The summed E-state index contributed by atoms with van der Waals surface area (Å²) >= 11 is 1.47. The van der Waals surface area contributed by atoms with Crippen molar-refractivity contribution < 1.29 is 19.1 Å². The molecule has 0 radical (unpaired) electrons. The van der Waals surface area contributed by atoms with Gasteiger partial charge in [-0.2, -0.15) is 0 Å². The summed E-state index contributed by atoms with van der Waals surface area (Å²) in [5.74, 6) is 0.993. The fourth-order valence-electron chi connectivity index (χ4n) is 3.63. The van der Waals surface area contributed by atoms with Crippen LogP contribution in [-0.2, 0) is 16.1 Å². The Morgan fingerprint density at radius 3 is 2.40 bits per heavy atom. The van der Waals surface area contributed by atoms with Gasteiger partial charge in [0.25, 0.3) is 5.91 Å². The Kier molecular flexibility index (Phi) is 5.72. The molecule has 1 aliphatic heterocycles. The van der Waals surface area contributed by atoms with Crippen LogP contribution in [0.4, 0.5) is 5.69 Å². The number of methoxy groups -OCH3 is 2. The maximum atomic E-state index is 13.5. The highest BCUT2D eigenvalue weighted by atomic mass is 32.1. The Morgan fingerprint density at radius 2 is 1.73 bits per heavy atom.